The number of hydrogen-bond donors (Lipinski definition) is 1. The quantitative estimate of drug-likeness (QED) is 0.855. The number of carbonyl (C=O) groups excluding carboxylic acids is 2. The first-order valence-corrected chi connectivity index (χ1v) is 10.5. The number of nitrogens with one attached hydrogen (secondary N) is 1. The van der Waals surface area contributed by atoms with Gasteiger partial charge in [0.05, 0.1) is 0 Å². The van der Waals surface area contributed by atoms with Crippen LogP contribution in [0.25, 0.3) is 0 Å². The van der Waals surface area contributed by atoms with Gasteiger partial charge in [-0.3, -0.25) is 4.79 Å². The van der Waals surface area contributed by atoms with Gasteiger partial charge in [0.25, 0.3) is 5.91 Å². The van der Waals surface area contributed by atoms with E-state index < -0.39 is 0 Å². The van der Waals surface area contributed by atoms with E-state index in [0.717, 1.165) is 29.7 Å². The number of urea groups is 1. The first-order valence-electron chi connectivity index (χ1n) is 10.5. The first kappa shape index (κ1) is 20.6. The molecular weight excluding hydrogens is 354 g/mol. The molecule has 0 aliphatic carbocycles. The van der Waals surface area contributed by atoms with Gasteiger partial charge in [-0.1, -0.05) is 45.9 Å². The Kier molecular flexibility index (Phi) is 6.60. The summed E-state index contributed by atoms with van der Waals surface area (Å²) in [7, 11) is 0. The lowest BCUT2D eigenvalue weighted by atomic mass is 9.93. The first-order chi connectivity index (χ1) is 13.4. The molecule has 1 N–H and O–H groups in total. The van der Waals surface area contributed by atoms with E-state index in [1.807, 2.05) is 4.90 Å². The third-order valence-corrected chi connectivity index (χ3v) is 5.69. The Morgan fingerprint density at radius 1 is 1.00 bits per heavy atom. The number of piperazine rings is 1. The zero-order valence-electron chi connectivity index (χ0n) is 17.5. The molecule has 0 bridgehead atoms. The van der Waals surface area contributed by atoms with Gasteiger partial charge in [0.1, 0.15) is 6.10 Å². The van der Waals surface area contributed by atoms with Gasteiger partial charge in [-0.05, 0) is 35.8 Å². The summed E-state index contributed by atoms with van der Waals surface area (Å²) >= 11 is 0. The molecule has 2 aliphatic rings. The summed E-state index contributed by atoms with van der Waals surface area (Å²) in [6.45, 7) is 11.5. The number of hydrogen-bond acceptors (Lipinski definition) is 3. The van der Waals surface area contributed by atoms with E-state index in [0.29, 0.717) is 44.6 Å². The van der Waals surface area contributed by atoms with Gasteiger partial charge in [-0.25, -0.2) is 4.79 Å². The summed E-state index contributed by atoms with van der Waals surface area (Å²) in [6.07, 6.45) is 1.47. The molecule has 0 aromatic heterocycles. The van der Waals surface area contributed by atoms with Crippen molar-refractivity contribution in [2.24, 2.45) is 0 Å². The highest BCUT2D eigenvalue weighted by Crippen LogP contribution is 2.32. The molecular formula is C22H33N3O3. The van der Waals surface area contributed by atoms with E-state index in [4.69, 9.17) is 4.74 Å². The van der Waals surface area contributed by atoms with Crippen molar-refractivity contribution >= 4 is 17.6 Å². The van der Waals surface area contributed by atoms with Crippen LogP contribution >= 0.6 is 0 Å². The molecule has 0 radical (unpaired) electrons. The smallest absolute Gasteiger partial charge is 0.321 e. The van der Waals surface area contributed by atoms with E-state index in [1.54, 1.807) is 4.90 Å². The summed E-state index contributed by atoms with van der Waals surface area (Å²) < 4.78 is 5.51. The lowest BCUT2D eigenvalue weighted by Gasteiger charge is -2.36. The monoisotopic (exact) mass is 387 g/mol. The Labute approximate surface area is 168 Å². The van der Waals surface area contributed by atoms with Crippen molar-refractivity contribution in [2.75, 3.05) is 38.1 Å². The molecule has 3 amide bonds. The van der Waals surface area contributed by atoms with Crippen molar-refractivity contribution < 1.29 is 14.3 Å². The highest BCUT2D eigenvalue weighted by molar-refractivity contribution is 5.91. The maximum absolute atomic E-state index is 12.9. The summed E-state index contributed by atoms with van der Waals surface area (Å²) in [5.74, 6) is 0.731. The summed E-state index contributed by atoms with van der Waals surface area (Å²) in [5, 5.41) is 3.17. The number of ether oxygens (including phenoxy) is 1. The van der Waals surface area contributed by atoms with E-state index in [2.05, 4.69) is 51.2 Å². The average molecular weight is 388 g/mol. The zero-order valence-corrected chi connectivity index (χ0v) is 17.5. The third-order valence-electron chi connectivity index (χ3n) is 5.69. The molecule has 2 heterocycles. The van der Waals surface area contributed by atoms with Gasteiger partial charge < -0.3 is 19.9 Å². The topological polar surface area (TPSA) is 61.9 Å². The summed E-state index contributed by atoms with van der Waals surface area (Å²) in [4.78, 5) is 29.1. The molecule has 6 heteroatoms. The maximum atomic E-state index is 12.9. The van der Waals surface area contributed by atoms with Crippen LogP contribution in [0.15, 0.2) is 18.2 Å². The molecule has 28 heavy (non-hydrogen) atoms. The predicted molar refractivity (Wildman–Crippen MR) is 111 cm³/mol. The third kappa shape index (κ3) is 4.49. The highest BCUT2D eigenvalue weighted by atomic mass is 16.5. The molecule has 0 saturated carbocycles. The second-order valence-corrected chi connectivity index (χ2v) is 8.37. The Bertz CT molecular complexity index is 677. The number of amides is 3. The maximum Gasteiger partial charge on any atom is 0.321 e. The summed E-state index contributed by atoms with van der Waals surface area (Å²) in [6, 6.07) is 6.16. The van der Waals surface area contributed by atoms with Gasteiger partial charge in [0.2, 0.25) is 0 Å². The Hall–Kier alpha value is -2.08. The van der Waals surface area contributed by atoms with E-state index in [9.17, 15) is 9.59 Å². The van der Waals surface area contributed by atoms with Crippen LogP contribution in [0.2, 0.25) is 0 Å². The van der Waals surface area contributed by atoms with Gasteiger partial charge in [0.15, 0.2) is 0 Å². The number of anilines is 1. The van der Waals surface area contributed by atoms with Crippen molar-refractivity contribution in [1.29, 1.82) is 0 Å². The van der Waals surface area contributed by atoms with Gasteiger partial charge in [-0.2, -0.15) is 0 Å². The molecule has 2 saturated heterocycles. The van der Waals surface area contributed by atoms with Gasteiger partial charge in [0, 0.05) is 38.5 Å². The molecule has 0 unspecified atom stereocenters. The normalized spacial score (nSPS) is 20.1. The highest BCUT2D eigenvalue weighted by Gasteiger charge is 2.31. The largest absolute Gasteiger partial charge is 0.368 e. The van der Waals surface area contributed by atoms with Gasteiger partial charge >= 0.3 is 6.03 Å². The lowest BCUT2D eigenvalue weighted by Crippen LogP contribution is -2.53. The number of nitrogens with zero attached hydrogens (tertiary/aromatic N) is 2. The minimum Gasteiger partial charge on any atom is -0.368 e. The van der Waals surface area contributed by atoms with Crippen molar-refractivity contribution in [1.82, 2.24) is 9.80 Å². The molecule has 0 spiro atoms. The number of carbonyl (C=O) groups is 2. The molecule has 2 fully saturated rings. The molecule has 154 valence electrons. The minimum absolute atomic E-state index is 0.0739. The Balaban J connectivity index is 1.64. The van der Waals surface area contributed by atoms with E-state index >= 15 is 0 Å². The van der Waals surface area contributed by atoms with Crippen molar-refractivity contribution in [3.63, 3.8) is 0 Å². The van der Waals surface area contributed by atoms with Crippen LogP contribution in [0.4, 0.5) is 10.5 Å². The van der Waals surface area contributed by atoms with Crippen LogP contribution in [0.5, 0.6) is 0 Å². The molecule has 1 atom stereocenters. The average Bonchev–Trinajstić information content (AvgIpc) is 3.22. The van der Waals surface area contributed by atoms with Crippen LogP contribution in [0.1, 0.15) is 63.5 Å². The van der Waals surface area contributed by atoms with Crippen LogP contribution in [-0.2, 0) is 9.53 Å². The SMILES string of the molecule is CC(C)c1cccc(C(C)C)c1NC(=O)N1CCN(C(=O)[C@H]2CCCO2)CC1. The fourth-order valence-electron chi connectivity index (χ4n) is 3.99. The fraction of sp³-hybridized carbons (Fsp3) is 0.636. The molecule has 2 aliphatic heterocycles. The van der Waals surface area contributed by atoms with Crippen molar-refractivity contribution in [3.8, 4) is 0 Å². The number of benzene rings is 1. The van der Waals surface area contributed by atoms with Crippen molar-refractivity contribution in [3.05, 3.63) is 29.3 Å². The zero-order chi connectivity index (χ0) is 20.3. The lowest BCUT2D eigenvalue weighted by molar-refractivity contribution is -0.142. The van der Waals surface area contributed by atoms with Gasteiger partial charge in [-0.15, -0.1) is 0 Å². The molecule has 3 rings (SSSR count). The number of rotatable bonds is 4. The van der Waals surface area contributed by atoms with E-state index in [-0.39, 0.29) is 18.0 Å². The van der Waals surface area contributed by atoms with Crippen LogP contribution in [0.3, 0.4) is 0 Å². The second kappa shape index (κ2) is 8.95. The van der Waals surface area contributed by atoms with E-state index in [1.165, 1.54) is 0 Å². The van der Waals surface area contributed by atoms with Crippen molar-refractivity contribution in [2.45, 2.75) is 58.5 Å². The fourth-order valence-corrected chi connectivity index (χ4v) is 3.99. The Morgan fingerprint density at radius 2 is 1.57 bits per heavy atom. The molecule has 6 nitrogen and oxygen atoms in total. The predicted octanol–water partition coefficient (Wildman–Crippen LogP) is 3.79. The van der Waals surface area contributed by atoms with Crippen LogP contribution in [-0.4, -0.2) is 60.6 Å². The second-order valence-electron chi connectivity index (χ2n) is 8.37. The van der Waals surface area contributed by atoms with Crippen LogP contribution in [0, 0.1) is 0 Å². The molecule has 1 aromatic rings. The minimum atomic E-state index is -0.285. The number of para-hydroxylation sites is 1. The Morgan fingerprint density at radius 3 is 2.07 bits per heavy atom. The van der Waals surface area contributed by atoms with Crippen LogP contribution < -0.4 is 5.32 Å². The summed E-state index contributed by atoms with van der Waals surface area (Å²) in [5.41, 5.74) is 3.26. The molecule has 1 aromatic carbocycles. The standard InChI is InChI=1S/C22H33N3O3/c1-15(2)17-7-5-8-18(16(3)4)20(17)23-22(27)25-12-10-24(11-13-25)21(26)19-9-6-14-28-19/h5,7-8,15-16,19H,6,9-14H2,1-4H3,(H,23,27)/t19-/m1/s1.